The molecule has 0 aromatic rings. The number of rotatable bonds is 1. The Morgan fingerprint density at radius 1 is 1.17 bits per heavy atom. The molecule has 0 bridgehead atoms. The Morgan fingerprint density at radius 2 is 2.00 bits per heavy atom. The first kappa shape index (κ1) is 15.7. The summed E-state index contributed by atoms with van der Waals surface area (Å²) >= 11 is 0. The maximum absolute atomic E-state index is 11.1. The highest BCUT2D eigenvalue weighted by Crippen LogP contribution is 2.66. The van der Waals surface area contributed by atoms with Crippen molar-refractivity contribution in [2.45, 2.75) is 76.4 Å². The van der Waals surface area contributed by atoms with Crippen LogP contribution in [-0.2, 0) is 0 Å². The molecule has 3 fully saturated rings. The zero-order chi connectivity index (χ0) is 16.2. The highest BCUT2D eigenvalue weighted by atomic mass is 16.3. The van der Waals surface area contributed by atoms with Gasteiger partial charge in [0, 0.05) is 5.41 Å². The maximum atomic E-state index is 11.1. The van der Waals surface area contributed by atoms with Crippen molar-refractivity contribution in [3.05, 3.63) is 11.6 Å². The first-order chi connectivity index (χ1) is 11.0. The number of hydrogen-bond donors (Lipinski definition) is 2. The monoisotopic (exact) mass is 314 g/mol. The van der Waals surface area contributed by atoms with Gasteiger partial charge in [0.05, 0.1) is 6.10 Å². The summed E-state index contributed by atoms with van der Waals surface area (Å²) in [5.74, 6) is 5.57. The van der Waals surface area contributed by atoms with Crippen molar-refractivity contribution in [3.8, 4) is 12.3 Å². The molecule has 2 N–H and O–H groups in total. The summed E-state index contributed by atoms with van der Waals surface area (Å²) in [6.45, 7) is 2.23. The van der Waals surface area contributed by atoms with E-state index in [0.717, 1.165) is 56.8 Å². The lowest BCUT2D eigenvalue weighted by Crippen LogP contribution is -2.53. The van der Waals surface area contributed by atoms with E-state index < -0.39 is 5.60 Å². The van der Waals surface area contributed by atoms with E-state index in [0.29, 0.717) is 11.8 Å². The van der Waals surface area contributed by atoms with E-state index in [9.17, 15) is 10.2 Å². The lowest BCUT2D eigenvalue weighted by atomic mass is 9.49. The molecule has 0 spiro atoms. The van der Waals surface area contributed by atoms with Gasteiger partial charge in [-0.1, -0.05) is 24.5 Å². The summed E-state index contributed by atoms with van der Waals surface area (Å²) in [7, 11) is 0. The van der Waals surface area contributed by atoms with Crippen LogP contribution in [0.25, 0.3) is 0 Å². The number of aliphatic hydroxyl groups excluding tert-OH is 1. The van der Waals surface area contributed by atoms with Gasteiger partial charge in [-0.2, -0.15) is 0 Å². The van der Waals surface area contributed by atoms with Gasteiger partial charge in [0.15, 0.2) is 0 Å². The average molecular weight is 314 g/mol. The number of fused-ring (bicyclic) bond motifs is 5. The van der Waals surface area contributed by atoms with Gasteiger partial charge in [-0.3, -0.25) is 0 Å². The Kier molecular flexibility index (Phi) is 3.67. The fourth-order valence-corrected chi connectivity index (χ4v) is 7.09. The van der Waals surface area contributed by atoms with E-state index in [-0.39, 0.29) is 11.5 Å². The van der Waals surface area contributed by atoms with Crippen molar-refractivity contribution >= 4 is 0 Å². The highest BCUT2D eigenvalue weighted by Gasteiger charge is 2.63. The fraction of sp³-hybridized carbons (Fsp3) is 0.810. The third-order valence-corrected chi connectivity index (χ3v) is 8.15. The van der Waals surface area contributed by atoms with Gasteiger partial charge in [0.1, 0.15) is 5.60 Å². The number of hydrogen-bond acceptors (Lipinski definition) is 2. The van der Waals surface area contributed by atoms with Gasteiger partial charge < -0.3 is 10.2 Å². The molecule has 0 heterocycles. The average Bonchev–Trinajstić information content (AvgIpc) is 2.88. The van der Waals surface area contributed by atoms with Crippen LogP contribution in [0.2, 0.25) is 0 Å². The molecule has 4 aliphatic carbocycles. The van der Waals surface area contributed by atoms with E-state index in [1.165, 1.54) is 18.4 Å². The van der Waals surface area contributed by atoms with Crippen LogP contribution >= 0.6 is 0 Å². The van der Waals surface area contributed by atoms with Crippen LogP contribution in [0, 0.1) is 41.4 Å². The van der Waals surface area contributed by atoms with Crippen molar-refractivity contribution < 1.29 is 10.2 Å². The zero-order valence-electron chi connectivity index (χ0n) is 14.3. The minimum absolute atomic E-state index is 0.0433. The molecule has 4 rings (SSSR count). The summed E-state index contributed by atoms with van der Waals surface area (Å²) in [5, 5.41) is 21.1. The van der Waals surface area contributed by atoms with E-state index in [1.54, 1.807) is 0 Å². The van der Waals surface area contributed by atoms with Crippen LogP contribution in [0.5, 0.6) is 0 Å². The first-order valence-corrected chi connectivity index (χ1v) is 9.63. The minimum atomic E-state index is -0.879. The third-order valence-electron chi connectivity index (χ3n) is 8.15. The van der Waals surface area contributed by atoms with Gasteiger partial charge in [-0.05, 0) is 81.5 Å². The predicted octanol–water partition coefficient (Wildman–Crippen LogP) is 3.67. The van der Waals surface area contributed by atoms with Crippen molar-refractivity contribution in [1.82, 2.24) is 0 Å². The molecular weight excluding hydrogens is 284 g/mol. The molecular formula is C21H30O2. The third kappa shape index (κ3) is 2.02. The Hall–Kier alpha value is -0.780. The normalized spacial score (nSPS) is 51.9. The maximum Gasteiger partial charge on any atom is 0.131 e. The second-order valence-electron chi connectivity index (χ2n) is 8.56. The summed E-state index contributed by atoms with van der Waals surface area (Å²) in [5.41, 5.74) is 0.605. The number of aliphatic hydroxyl groups is 2. The van der Waals surface area contributed by atoms with Crippen LogP contribution in [0.15, 0.2) is 11.6 Å². The largest absolute Gasteiger partial charge is 0.389 e. The van der Waals surface area contributed by atoms with E-state index in [1.807, 2.05) is 0 Å². The summed E-state index contributed by atoms with van der Waals surface area (Å²) in [4.78, 5) is 0. The Balaban J connectivity index is 1.66. The SMILES string of the molecule is C#C[C@]1(O)CC[C@H]2[C@@H]3CCC4=CC(O)CC[C@@H]4[C@H]3CCC21CC. The molecule has 23 heavy (non-hydrogen) atoms. The van der Waals surface area contributed by atoms with Crippen molar-refractivity contribution in [2.24, 2.45) is 29.1 Å². The first-order valence-electron chi connectivity index (χ1n) is 9.63. The van der Waals surface area contributed by atoms with Crippen LogP contribution in [-0.4, -0.2) is 21.9 Å². The quantitative estimate of drug-likeness (QED) is 0.572. The highest BCUT2D eigenvalue weighted by molar-refractivity contribution is 5.26. The summed E-state index contributed by atoms with van der Waals surface area (Å²) in [6.07, 6.45) is 17.4. The molecule has 0 saturated heterocycles. The molecule has 2 nitrogen and oxygen atoms in total. The Labute approximate surface area is 140 Å². The molecule has 0 aliphatic heterocycles. The van der Waals surface area contributed by atoms with Crippen molar-refractivity contribution in [1.29, 1.82) is 0 Å². The molecule has 0 aromatic carbocycles. The molecule has 3 saturated carbocycles. The van der Waals surface area contributed by atoms with E-state index in [2.05, 4.69) is 18.9 Å². The van der Waals surface area contributed by atoms with Gasteiger partial charge in [0.25, 0.3) is 0 Å². The smallest absolute Gasteiger partial charge is 0.131 e. The predicted molar refractivity (Wildman–Crippen MR) is 91.5 cm³/mol. The lowest BCUT2D eigenvalue weighted by molar-refractivity contribution is -0.100. The standard InChI is InChI=1S/C21H30O2/c1-3-20-11-9-17-16-8-6-15(22)13-14(16)5-7-18(17)19(20)10-12-21(20,23)4-2/h2,13,15-19,22-23H,3,5-12H2,1H3/t15?,16-,17+,18+,19-,20?,21-/m0/s1. The second kappa shape index (κ2) is 5.36. The van der Waals surface area contributed by atoms with E-state index in [4.69, 9.17) is 6.42 Å². The van der Waals surface area contributed by atoms with Gasteiger partial charge in [0.2, 0.25) is 0 Å². The van der Waals surface area contributed by atoms with E-state index >= 15 is 0 Å². The fourth-order valence-electron chi connectivity index (χ4n) is 7.09. The van der Waals surface area contributed by atoms with Crippen LogP contribution in [0.3, 0.4) is 0 Å². The van der Waals surface area contributed by atoms with Gasteiger partial charge in [-0.15, -0.1) is 6.42 Å². The molecule has 0 radical (unpaired) electrons. The topological polar surface area (TPSA) is 40.5 Å². The van der Waals surface area contributed by atoms with Gasteiger partial charge in [-0.25, -0.2) is 0 Å². The lowest BCUT2D eigenvalue weighted by Gasteiger charge is -2.56. The molecule has 2 heteroatoms. The minimum Gasteiger partial charge on any atom is -0.389 e. The van der Waals surface area contributed by atoms with Crippen molar-refractivity contribution in [2.75, 3.05) is 0 Å². The molecule has 4 aliphatic rings. The molecule has 126 valence electrons. The second-order valence-corrected chi connectivity index (χ2v) is 8.56. The molecule has 7 atom stereocenters. The molecule has 2 unspecified atom stereocenters. The Morgan fingerprint density at radius 3 is 2.74 bits per heavy atom. The van der Waals surface area contributed by atoms with Gasteiger partial charge >= 0.3 is 0 Å². The Bertz CT molecular complexity index is 559. The van der Waals surface area contributed by atoms with Crippen molar-refractivity contribution in [3.63, 3.8) is 0 Å². The summed E-state index contributed by atoms with van der Waals surface area (Å²) in [6, 6.07) is 0. The van der Waals surface area contributed by atoms with Crippen LogP contribution in [0.4, 0.5) is 0 Å². The zero-order valence-corrected chi connectivity index (χ0v) is 14.3. The summed E-state index contributed by atoms with van der Waals surface area (Å²) < 4.78 is 0. The van der Waals surface area contributed by atoms with Crippen LogP contribution in [0.1, 0.15) is 64.7 Å². The molecule has 0 aromatic heterocycles. The molecule has 0 amide bonds. The van der Waals surface area contributed by atoms with Crippen LogP contribution < -0.4 is 0 Å². The number of terminal acetylenes is 1. The number of allylic oxidation sites excluding steroid dienone is 1.